The maximum atomic E-state index is 6.22. The van der Waals surface area contributed by atoms with Crippen LogP contribution in [0.5, 0.6) is 5.88 Å². The van der Waals surface area contributed by atoms with Crippen LogP contribution in [0, 0.1) is 0 Å². The zero-order valence-electron chi connectivity index (χ0n) is 11.2. The molecular weight excluding hydrogens is 278 g/mol. The Bertz CT molecular complexity index is 719. The van der Waals surface area contributed by atoms with E-state index in [-0.39, 0.29) is 5.38 Å². The number of halogens is 1. The molecule has 0 N–H and O–H groups in total. The highest BCUT2D eigenvalue weighted by Gasteiger charge is 2.17. The van der Waals surface area contributed by atoms with Crippen molar-refractivity contribution >= 4 is 22.8 Å². The molecule has 0 saturated carbocycles. The molecule has 0 aliphatic heterocycles. The van der Waals surface area contributed by atoms with E-state index in [1.807, 2.05) is 29.7 Å². The molecule has 6 heteroatoms. The zero-order valence-corrected chi connectivity index (χ0v) is 12.0. The number of methoxy groups -OCH3 is 1. The van der Waals surface area contributed by atoms with Gasteiger partial charge in [-0.05, 0) is 25.1 Å². The zero-order chi connectivity index (χ0) is 14.1. The van der Waals surface area contributed by atoms with Crippen LogP contribution in [0.3, 0.4) is 0 Å². The molecule has 0 amide bonds. The molecule has 0 aromatic carbocycles. The summed E-state index contributed by atoms with van der Waals surface area (Å²) in [6.07, 6.45) is 1.65. The Morgan fingerprint density at radius 2 is 2.20 bits per heavy atom. The largest absolute Gasteiger partial charge is 0.481 e. The van der Waals surface area contributed by atoms with Gasteiger partial charge in [0.2, 0.25) is 5.88 Å². The molecule has 5 nitrogen and oxygen atoms in total. The van der Waals surface area contributed by atoms with Crippen LogP contribution >= 0.6 is 11.6 Å². The molecule has 3 aromatic heterocycles. The van der Waals surface area contributed by atoms with Gasteiger partial charge in [-0.15, -0.1) is 11.6 Å². The van der Waals surface area contributed by atoms with Gasteiger partial charge < -0.3 is 13.7 Å². The predicted octanol–water partition coefficient (Wildman–Crippen LogP) is 3.38. The standard InChI is InChI=1S/C14H14ClN3O2/c1-9(15)13-16-11-5-6-12(19-2)17-14(11)18(13)8-10-4-3-7-20-10/h3-7,9H,8H2,1-2H3. The first-order valence-electron chi connectivity index (χ1n) is 6.26. The van der Waals surface area contributed by atoms with Gasteiger partial charge in [0.25, 0.3) is 0 Å². The summed E-state index contributed by atoms with van der Waals surface area (Å²) in [5.74, 6) is 2.14. The second kappa shape index (κ2) is 5.17. The van der Waals surface area contributed by atoms with Gasteiger partial charge in [-0.3, -0.25) is 0 Å². The summed E-state index contributed by atoms with van der Waals surface area (Å²) in [4.78, 5) is 8.99. The molecule has 3 rings (SSSR count). The third-order valence-electron chi connectivity index (χ3n) is 3.06. The number of ether oxygens (including phenoxy) is 1. The van der Waals surface area contributed by atoms with E-state index in [2.05, 4.69) is 9.97 Å². The van der Waals surface area contributed by atoms with Crippen LogP contribution in [-0.2, 0) is 6.54 Å². The van der Waals surface area contributed by atoms with Crippen molar-refractivity contribution in [1.82, 2.24) is 14.5 Å². The van der Waals surface area contributed by atoms with Gasteiger partial charge in [0, 0.05) is 6.07 Å². The maximum Gasteiger partial charge on any atom is 0.215 e. The number of aromatic nitrogens is 3. The monoisotopic (exact) mass is 291 g/mol. The van der Waals surface area contributed by atoms with Crippen LogP contribution in [0.15, 0.2) is 34.9 Å². The summed E-state index contributed by atoms with van der Waals surface area (Å²) in [6, 6.07) is 7.43. The van der Waals surface area contributed by atoms with Crippen molar-refractivity contribution in [2.45, 2.75) is 18.8 Å². The first-order valence-corrected chi connectivity index (χ1v) is 6.70. The fourth-order valence-corrected chi connectivity index (χ4v) is 2.30. The quantitative estimate of drug-likeness (QED) is 0.692. The first-order chi connectivity index (χ1) is 9.69. The average molecular weight is 292 g/mol. The Morgan fingerprint density at radius 3 is 2.85 bits per heavy atom. The number of pyridine rings is 1. The van der Waals surface area contributed by atoms with Crippen molar-refractivity contribution in [2.75, 3.05) is 7.11 Å². The van der Waals surface area contributed by atoms with Crippen LogP contribution in [0.4, 0.5) is 0 Å². The lowest BCUT2D eigenvalue weighted by molar-refractivity contribution is 0.398. The van der Waals surface area contributed by atoms with Gasteiger partial charge >= 0.3 is 0 Å². The van der Waals surface area contributed by atoms with E-state index in [1.165, 1.54) is 0 Å². The number of fused-ring (bicyclic) bond motifs is 1. The second-order valence-electron chi connectivity index (χ2n) is 4.45. The average Bonchev–Trinajstić information content (AvgIpc) is 3.07. The summed E-state index contributed by atoms with van der Waals surface area (Å²) in [5.41, 5.74) is 1.53. The van der Waals surface area contributed by atoms with Gasteiger partial charge in [0.05, 0.1) is 25.3 Å². The van der Waals surface area contributed by atoms with Gasteiger partial charge in [0.1, 0.15) is 17.1 Å². The van der Waals surface area contributed by atoms with Crippen LogP contribution in [-0.4, -0.2) is 21.6 Å². The number of furan rings is 1. The Balaban J connectivity index is 2.16. The second-order valence-corrected chi connectivity index (χ2v) is 5.10. The molecule has 0 spiro atoms. The van der Waals surface area contributed by atoms with Crippen molar-refractivity contribution in [3.63, 3.8) is 0 Å². The van der Waals surface area contributed by atoms with E-state index in [4.69, 9.17) is 20.8 Å². The Labute approximate surface area is 121 Å². The molecule has 0 saturated heterocycles. The van der Waals surface area contributed by atoms with E-state index in [0.717, 1.165) is 22.7 Å². The molecule has 20 heavy (non-hydrogen) atoms. The lowest BCUT2D eigenvalue weighted by Gasteiger charge is -2.08. The summed E-state index contributed by atoms with van der Waals surface area (Å²) in [5, 5.41) is -0.217. The normalized spacial score (nSPS) is 12.8. The molecule has 0 fully saturated rings. The smallest absolute Gasteiger partial charge is 0.215 e. The molecule has 0 bridgehead atoms. The molecule has 0 aliphatic carbocycles. The molecular formula is C14H14ClN3O2. The van der Waals surface area contributed by atoms with Crippen LogP contribution in [0.1, 0.15) is 23.9 Å². The molecule has 1 atom stereocenters. The van der Waals surface area contributed by atoms with Crippen LogP contribution in [0.2, 0.25) is 0 Å². The van der Waals surface area contributed by atoms with E-state index < -0.39 is 0 Å². The van der Waals surface area contributed by atoms with Gasteiger partial charge in [0.15, 0.2) is 5.65 Å². The van der Waals surface area contributed by atoms with Crippen LogP contribution < -0.4 is 4.74 Å². The van der Waals surface area contributed by atoms with Gasteiger partial charge in [-0.2, -0.15) is 4.98 Å². The Morgan fingerprint density at radius 1 is 1.35 bits per heavy atom. The molecule has 1 unspecified atom stereocenters. The lowest BCUT2D eigenvalue weighted by atomic mass is 10.4. The topological polar surface area (TPSA) is 53.1 Å². The minimum absolute atomic E-state index is 0.217. The van der Waals surface area contributed by atoms with Crippen molar-refractivity contribution in [3.8, 4) is 5.88 Å². The van der Waals surface area contributed by atoms with E-state index in [1.54, 1.807) is 19.4 Å². The molecule has 104 valence electrons. The van der Waals surface area contributed by atoms with Crippen molar-refractivity contribution < 1.29 is 9.15 Å². The highest BCUT2D eigenvalue weighted by atomic mass is 35.5. The molecule has 0 radical (unpaired) electrons. The Kier molecular flexibility index (Phi) is 3.36. The predicted molar refractivity (Wildman–Crippen MR) is 76.2 cm³/mol. The summed E-state index contributed by atoms with van der Waals surface area (Å²) >= 11 is 6.22. The number of hydrogen-bond acceptors (Lipinski definition) is 4. The van der Waals surface area contributed by atoms with Gasteiger partial charge in [-0.1, -0.05) is 0 Å². The summed E-state index contributed by atoms with van der Waals surface area (Å²) in [7, 11) is 1.59. The molecule has 3 heterocycles. The number of hydrogen-bond donors (Lipinski definition) is 0. The minimum atomic E-state index is -0.217. The first kappa shape index (κ1) is 13.0. The number of rotatable bonds is 4. The van der Waals surface area contributed by atoms with E-state index in [9.17, 15) is 0 Å². The number of imidazole rings is 1. The van der Waals surface area contributed by atoms with Crippen molar-refractivity contribution in [1.29, 1.82) is 0 Å². The van der Waals surface area contributed by atoms with Crippen LogP contribution in [0.25, 0.3) is 11.2 Å². The summed E-state index contributed by atoms with van der Waals surface area (Å²) in [6.45, 7) is 2.43. The highest BCUT2D eigenvalue weighted by molar-refractivity contribution is 6.20. The lowest BCUT2D eigenvalue weighted by Crippen LogP contribution is -2.06. The third kappa shape index (κ3) is 2.25. The van der Waals surface area contributed by atoms with Crippen molar-refractivity contribution in [2.24, 2.45) is 0 Å². The fraction of sp³-hybridized carbons (Fsp3) is 0.286. The van der Waals surface area contributed by atoms with Gasteiger partial charge in [-0.25, -0.2) is 4.98 Å². The van der Waals surface area contributed by atoms with E-state index >= 15 is 0 Å². The Hall–Kier alpha value is -2.01. The van der Waals surface area contributed by atoms with Crippen molar-refractivity contribution in [3.05, 3.63) is 42.1 Å². The molecule has 0 aliphatic rings. The number of alkyl halides is 1. The fourth-order valence-electron chi connectivity index (χ4n) is 2.13. The third-order valence-corrected chi connectivity index (χ3v) is 3.25. The van der Waals surface area contributed by atoms with E-state index in [0.29, 0.717) is 12.4 Å². The SMILES string of the molecule is COc1ccc2nc(C(C)Cl)n(Cc3ccco3)c2n1. The molecule has 3 aromatic rings. The summed E-state index contributed by atoms with van der Waals surface area (Å²) < 4.78 is 12.5. The maximum absolute atomic E-state index is 6.22. The minimum Gasteiger partial charge on any atom is -0.481 e. The number of nitrogens with zero attached hydrogens (tertiary/aromatic N) is 3. The highest BCUT2D eigenvalue weighted by Crippen LogP contribution is 2.26.